The van der Waals surface area contributed by atoms with Gasteiger partial charge in [0.05, 0.1) is 5.92 Å². The Morgan fingerprint density at radius 1 is 1.21 bits per heavy atom. The summed E-state index contributed by atoms with van der Waals surface area (Å²) in [5.74, 6) is 0.404. The molecular formula is C19H28F3IN6. The highest BCUT2D eigenvalue weighted by Gasteiger charge is 2.41. The van der Waals surface area contributed by atoms with E-state index >= 15 is 0 Å². The first kappa shape index (κ1) is 23.7. The summed E-state index contributed by atoms with van der Waals surface area (Å²) in [7, 11) is 0. The number of alkyl halides is 3. The van der Waals surface area contributed by atoms with Crippen LogP contribution >= 0.6 is 24.0 Å². The molecule has 0 amide bonds. The Hall–Kier alpha value is -1.59. The average Bonchev–Trinajstić information content (AvgIpc) is 3.08. The van der Waals surface area contributed by atoms with Crippen molar-refractivity contribution >= 4 is 35.6 Å². The lowest BCUT2D eigenvalue weighted by Crippen LogP contribution is -2.45. The van der Waals surface area contributed by atoms with E-state index in [0.717, 1.165) is 24.3 Å². The Morgan fingerprint density at radius 3 is 2.66 bits per heavy atom. The number of aromatic nitrogens is 3. The first-order chi connectivity index (χ1) is 13.5. The van der Waals surface area contributed by atoms with Crippen molar-refractivity contribution in [1.29, 1.82) is 0 Å². The molecule has 0 atom stereocenters. The van der Waals surface area contributed by atoms with E-state index in [2.05, 4.69) is 25.8 Å². The zero-order valence-electron chi connectivity index (χ0n) is 16.5. The summed E-state index contributed by atoms with van der Waals surface area (Å²) >= 11 is 0. The predicted octanol–water partition coefficient (Wildman–Crippen LogP) is 3.96. The van der Waals surface area contributed by atoms with Crippen molar-refractivity contribution in [3.05, 3.63) is 30.2 Å². The summed E-state index contributed by atoms with van der Waals surface area (Å²) in [5, 5.41) is 14.8. The Bertz CT molecular complexity index is 784. The van der Waals surface area contributed by atoms with E-state index in [4.69, 9.17) is 0 Å². The van der Waals surface area contributed by atoms with E-state index in [9.17, 15) is 13.2 Å². The van der Waals surface area contributed by atoms with Gasteiger partial charge in [0.15, 0.2) is 11.6 Å². The normalized spacial score (nSPS) is 20.3. The Kier molecular flexibility index (Phi) is 8.97. The number of aryl methyl sites for hydroxylation is 1. The zero-order valence-corrected chi connectivity index (χ0v) is 18.8. The van der Waals surface area contributed by atoms with Gasteiger partial charge < -0.3 is 10.6 Å². The number of pyridine rings is 1. The van der Waals surface area contributed by atoms with E-state index < -0.39 is 12.1 Å². The lowest BCUT2D eigenvalue weighted by atomic mass is 9.85. The summed E-state index contributed by atoms with van der Waals surface area (Å²) in [6.45, 7) is 3.29. The highest BCUT2D eigenvalue weighted by atomic mass is 127. The van der Waals surface area contributed by atoms with Crippen LogP contribution < -0.4 is 10.6 Å². The fraction of sp³-hybridized carbons (Fsp3) is 0.632. The Labute approximate surface area is 185 Å². The molecule has 0 aliphatic heterocycles. The maximum Gasteiger partial charge on any atom is 0.391 e. The van der Waals surface area contributed by atoms with Crippen LogP contribution in [0.4, 0.5) is 13.2 Å². The first-order valence-electron chi connectivity index (χ1n) is 9.87. The van der Waals surface area contributed by atoms with Gasteiger partial charge in [0.1, 0.15) is 5.82 Å². The molecule has 2 aromatic rings. The first-order valence-corrected chi connectivity index (χ1v) is 9.87. The number of nitrogens with one attached hydrogen (secondary N) is 2. The average molecular weight is 524 g/mol. The second-order valence-electron chi connectivity index (χ2n) is 7.14. The van der Waals surface area contributed by atoms with Crippen LogP contribution in [-0.4, -0.2) is 45.9 Å². The summed E-state index contributed by atoms with van der Waals surface area (Å²) in [6.07, 6.45) is 0.825. The smallest absolute Gasteiger partial charge is 0.357 e. The van der Waals surface area contributed by atoms with Gasteiger partial charge in [0, 0.05) is 31.7 Å². The SMILES string of the molecule is CCNC(=NCCCc1nnc2ccccn12)NC1CCC(C(F)(F)F)CC1.I. The lowest BCUT2D eigenvalue weighted by molar-refractivity contribution is -0.182. The van der Waals surface area contributed by atoms with Crippen molar-refractivity contribution in [2.45, 2.75) is 57.7 Å². The number of guanidine groups is 1. The minimum absolute atomic E-state index is 0. The maximum atomic E-state index is 12.8. The lowest BCUT2D eigenvalue weighted by Gasteiger charge is -2.31. The van der Waals surface area contributed by atoms with Gasteiger partial charge in [-0.15, -0.1) is 34.2 Å². The van der Waals surface area contributed by atoms with Crippen molar-refractivity contribution in [2.24, 2.45) is 10.9 Å². The molecule has 2 heterocycles. The molecule has 1 aliphatic carbocycles. The number of fused-ring (bicyclic) bond motifs is 1. The number of hydrogen-bond acceptors (Lipinski definition) is 3. The van der Waals surface area contributed by atoms with Gasteiger partial charge in [0.25, 0.3) is 0 Å². The van der Waals surface area contributed by atoms with Crippen LogP contribution in [0.25, 0.3) is 5.65 Å². The molecule has 29 heavy (non-hydrogen) atoms. The fourth-order valence-electron chi connectivity index (χ4n) is 3.57. The molecule has 2 aromatic heterocycles. The van der Waals surface area contributed by atoms with E-state index in [-0.39, 0.29) is 42.9 Å². The third kappa shape index (κ3) is 6.71. The van der Waals surface area contributed by atoms with Crippen LogP contribution in [0.3, 0.4) is 0 Å². The molecule has 6 nitrogen and oxygen atoms in total. The molecule has 0 radical (unpaired) electrons. The summed E-state index contributed by atoms with van der Waals surface area (Å²) in [6, 6.07) is 5.82. The van der Waals surface area contributed by atoms with Crippen molar-refractivity contribution in [2.75, 3.05) is 13.1 Å². The molecule has 1 aliphatic rings. The molecule has 2 N–H and O–H groups in total. The minimum atomic E-state index is -4.07. The zero-order chi connectivity index (χ0) is 20.0. The number of halogens is 4. The number of aliphatic imine (C=N–C) groups is 1. The van der Waals surface area contributed by atoms with Crippen molar-refractivity contribution < 1.29 is 13.2 Å². The monoisotopic (exact) mass is 524 g/mol. The molecule has 0 unspecified atom stereocenters. The molecule has 1 saturated carbocycles. The predicted molar refractivity (Wildman–Crippen MR) is 118 cm³/mol. The standard InChI is InChI=1S/C19H27F3N6.HI/c1-2-23-18(25-15-10-8-14(9-11-15)19(20,21)22)24-12-5-7-17-27-26-16-6-3-4-13-28(16)17;/h3-4,6,13-15H,2,5,7-12H2,1H3,(H2,23,24,25);1H. The van der Waals surface area contributed by atoms with Gasteiger partial charge >= 0.3 is 6.18 Å². The van der Waals surface area contributed by atoms with Gasteiger partial charge in [-0.1, -0.05) is 6.07 Å². The van der Waals surface area contributed by atoms with Crippen LogP contribution in [0, 0.1) is 5.92 Å². The number of nitrogens with zero attached hydrogens (tertiary/aromatic N) is 4. The number of hydrogen-bond donors (Lipinski definition) is 2. The van der Waals surface area contributed by atoms with Crippen LogP contribution in [0.5, 0.6) is 0 Å². The summed E-state index contributed by atoms with van der Waals surface area (Å²) in [5.41, 5.74) is 0.825. The van der Waals surface area contributed by atoms with E-state index in [1.54, 1.807) is 0 Å². The summed E-state index contributed by atoms with van der Waals surface area (Å²) < 4.78 is 40.4. The fourth-order valence-corrected chi connectivity index (χ4v) is 3.57. The quantitative estimate of drug-likeness (QED) is 0.260. The van der Waals surface area contributed by atoms with E-state index in [1.807, 2.05) is 35.7 Å². The van der Waals surface area contributed by atoms with Crippen molar-refractivity contribution in [3.8, 4) is 0 Å². The van der Waals surface area contributed by atoms with Crippen molar-refractivity contribution in [3.63, 3.8) is 0 Å². The molecule has 0 spiro atoms. The molecule has 10 heteroatoms. The second kappa shape index (κ2) is 11.0. The second-order valence-corrected chi connectivity index (χ2v) is 7.14. The van der Waals surface area contributed by atoms with Gasteiger partial charge in [0.2, 0.25) is 0 Å². The van der Waals surface area contributed by atoms with Crippen LogP contribution in [-0.2, 0) is 6.42 Å². The highest BCUT2D eigenvalue weighted by molar-refractivity contribution is 14.0. The number of rotatable bonds is 6. The van der Waals surface area contributed by atoms with Crippen LogP contribution in [0.2, 0.25) is 0 Å². The molecule has 1 fully saturated rings. The van der Waals surface area contributed by atoms with E-state index in [0.29, 0.717) is 31.9 Å². The Morgan fingerprint density at radius 2 is 1.97 bits per heavy atom. The maximum absolute atomic E-state index is 12.8. The van der Waals surface area contributed by atoms with Gasteiger partial charge in [-0.05, 0) is 51.2 Å². The third-order valence-corrected chi connectivity index (χ3v) is 5.09. The van der Waals surface area contributed by atoms with Crippen LogP contribution in [0.15, 0.2) is 29.4 Å². The molecule has 0 bridgehead atoms. The molecule has 0 saturated heterocycles. The highest BCUT2D eigenvalue weighted by Crippen LogP contribution is 2.37. The van der Waals surface area contributed by atoms with Gasteiger partial charge in [-0.25, -0.2) is 0 Å². The molecule has 162 valence electrons. The third-order valence-electron chi connectivity index (χ3n) is 5.09. The molecule has 3 rings (SSSR count). The Balaban J connectivity index is 0.00000300. The molecular weight excluding hydrogens is 496 g/mol. The summed E-state index contributed by atoms with van der Waals surface area (Å²) in [4.78, 5) is 4.57. The van der Waals surface area contributed by atoms with Crippen molar-refractivity contribution in [1.82, 2.24) is 25.2 Å². The minimum Gasteiger partial charge on any atom is -0.357 e. The molecule has 0 aromatic carbocycles. The van der Waals surface area contributed by atoms with Gasteiger partial charge in [-0.3, -0.25) is 9.39 Å². The van der Waals surface area contributed by atoms with Gasteiger partial charge in [-0.2, -0.15) is 13.2 Å². The largest absolute Gasteiger partial charge is 0.391 e. The van der Waals surface area contributed by atoms with Crippen LogP contribution in [0.1, 0.15) is 44.9 Å². The topological polar surface area (TPSA) is 66.6 Å². The van der Waals surface area contributed by atoms with E-state index in [1.165, 1.54) is 0 Å².